The molecule has 5 nitrogen and oxygen atoms in total. The molecule has 1 aromatic rings. The summed E-state index contributed by atoms with van der Waals surface area (Å²) in [7, 11) is 1.47. The minimum atomic E-state index is -0.215. The van der Waals surface area contributed by atoms with Crippen LogP contribution >= 0.6 is 11.6 Å². The van der Waals surface area contributed by atoms with E-state index in [1.165, 1.54) is 13.2 Å². The third-order valence-corrected chi connectivity index (χ3v) is 2.93. The Hall–Kier alpha value is -1.59. The molecule has 0 bridgehead atoms. The number of halogens is 1. The Balaban J connectivity index is 2.54. The molecule has 1 amide bonds. The zero-order chi connectivity index (χ0) is 15.0. The maximum atomic E-state index is 12.1. The highest BCUT2D eigenvalue weighted by atomic mass is 35.5. The highest BCUT2D eigenvalue weighted by Crippen LogP contribution is 2.24. The van der Waals surface area contributed by atoms with Crippen molar-refractivity contribution in [3.05, 3.63) is 28.8 Å². The van der Waals surface area contributed by atoms with Gasteiger partial charge >= 0.3 is 0 Å². The lowest BCUT2D eigenvalue weighted by atomic mass is 10.1. The van der Waals surface area contributed by atoms with Crippen molar-refractivity contribution < 1.29 is 19.4 Å². The van der Waals surface area contributed by atoms with Gasteiger partial charge in [0.25, 0.3) is 0 Å². The average molecular weight is 300 g/mol. The fraction of sp³-hybridized carbons (Fsp3) is 0.429. The van der Waals surface area contributed by atoms with Gasteiger partial charge in [0.2, 0.25) is 5.91 Å². The minimum absolute atomic E-state index is 0.0267. The van der Waals surface area contributed by atoms with E-state index in [0.29, 0.717) is 29.3 Å². The quantitative estimate of drug-likeness (QED) is 0.567. The van der Waals surface area contributed by atoms with Crippen molar-refractivity contribution in [2.45, 2.75) is 19.3 Å². The number of benzene rings is 1. The Morgan fingerprint density at radius 2 is 2.10 bits per heavy atom. The summed E-state index contributed by atoms with van der Waals surface area (Å²) in [5, 5.41) is 11.7. The predicted molar refractivity (Wildman–Crippen MR) is 76.3 cm³/mol. The Morgan fingerprint density at radius 1 is 1.35 bits per heavy atom. The van der Waals surface area contributed by atoms with Crippen molar-refractivity contribution in [1.29, 1.82) is 0 Å². The van der Waals surface area contributed by atoms with E-state index >= 15 is 0 Å². The van der Waals surface area contributed by atoms with Crippen LogP contribution in [0.5, 0.6) is 5.75 Å². The van der Waals surface area contributed by atoms with Gasteiger partial charge in [-0.3, -0.25) is 9.59 Å². The van der Waals surface area contributed by atoms with Crippen molar-refractivity contribution in [2.24, 2.45) is 0 Å². The fourth-order valence-electron chi connectivity index (χ4n) is 1.66. The summed E-state index contributed by atoms with van der Waals surface area (Å²) >= 11 is 5.85. The number of carbonyl (C=O) groups excluding carboxylic acids is 2. The second-order valence-electron chi connectivity index (χ2n) is 4.19. The van der Waals surface area contributed by atoms with E-state index in [0.717, 1.165) is 0 Å². The number of rotatable bonds is 8. The van der Waals surface area contributed by atoms with Gasteiger partial charge in [0.1, 0.15) is 5.75 Å². The highest BCUT2D eigenvalue weighted by molar-refractivity contribution is 6.31. The van der Waals surface area contributed by atoms with Crippen LogP contribution < -0.4 is 10.1 Å². The molecule has 0 saturated carbocycles. The Morgan fingerprint density at radius 3 is 2.75 bits per heavy atom. The van der Waals surface area contributed by atoms with Gasteiger partial charge in [-0.25, -0.2) is 0 Å². The van der Waals surface area contributed by atoms with Crippen LogP contribution in [-0.4, -0.2) is 37.1 Å². The first kappa shape index (κ1) is 16.5. The first-order valence-electron chi connectivity index (χ1n) is 6.32. The maximum absolute atomic E-state index is 12.1. The van der Waals surface area contributed by atoms with Crippen LogP contribution in [0.15, 0.2) is 18.2 Å². The second-order valence-corrected chi connectivity index (χ2v) is 4.63. The molecule has 0 fully saturated rings. The van der Waals surface area contributed by atoms with E-state index in [1.807, 2.05) is 0 Å². The molecule has 0 saturated heterocycles. The lowest BCUT2D eigenvalue weighted by Gasteiger charge is -2.08. The molecule has 0 aliphatic carbocycles. The number of ketones is 1. The van der Waals surface area contributed by atoms with E-state index < -0.39 is 0 Å². The van der Waals surface area contributed by atoms with E-state index in [2.05, 4.69) is 5.32 Å². The van der Waals surface area contributed by atoms with Crippen molar-refractivity contribution >= 4 is 23.3 Å². The third kappa shape index (κ3) is 5.19. The summed E-state index contributed by atoms with van der Waals surface area (Å²) in [6.45, 7) is 0.433. The van der Waals surface area contributed by atoms with Crippen LogP contribution in [0.4, 0.5) is 0 Å². The third-order valence-electron chi connectivity index (χ3n) is 2.70. The van der Waals surface area contributed by atoms with Gasteiger partial charge in [0.05, 0.1) is 12.7 Å². The van der Waals surface area contributed by atoms with E-state index in [4.69, 9.17) is 21.4 Å². The molecule has 0 heterocycles. The number of aliphatic hydroxyl groups excluding tert-OH is 1. The number of hydrogen-bond donors (Lipinski definition) is 2. The number of amides is 1. The molecule has 0 unspecified atom stereocenters. The number of aliphatic hydroxyl groups is 1. The molecule has 110 valence electrons. The molecule has 0 atom stereocenters. The van der Waals surface area contributed by atoms with E-state index in [9.17, 15) is 9.59 Å². The molecule has 2 N–H and O–H groups in total. The SMILES string of the molecule is COc1ccc(Cl)cc1C(=O)CCC(=O)NCCCO. The molecule has 0 radical (unpaired) electrons. The van der Waals surface area contributed by atoms with Gasteiger partial charge in [0, 0.05) is 31.0 Å². The zero-order valence-corrected chi connectivity index (χ0v) is 12.1. The number of ether oxygens (including phenoxy) is 1. The number of Topliss-reactive ketones (excluding diaryl/α,β-unsaturated/α-hetero) is 1. The molecule has 0 aromatic heterocycles. The first-order valence-corrected chi connectivity index (χ1v) is 6.70. The van der Waals surface area contributed by atoms with Gasteiger partial charge in [-0.15, -0.1) is 0 Å². The van der Waals surface area contributed by atoms with E-state index in [-0.39, 0.29) is 31.1 Å². The summed E-state index contributed by atoms with van der Waals surface area (Å²) < 4.78 is 5.10. The van der Waals surface area contributed by atoms with Gasteiger partial charge in [-0.1, -0.05) is 11.6 Å². The molecule has 0 aliphatic rings. The van der Waals surface area contributed by atoms with Crippen LogP contribution in [0.1, 0.15) is 29.6 Å². The molecule has 20 heavy (non-hydrogen) atoms. The van der Waals surface area contributed by atoms with Gasteiger partial charge in [-0.05, 0) is 24.6 Å². The standard InChI is InChI=1S/C14H18ClNO4/c1-20-13-5-3-10(15)9-11(13)12(18)4-6-14(19)16-7-2-8-17/h3,5,9,17H,2,4,6-8H2,1H3,(H,16,19). The summed E-state index contributed by atoms with van der Waals surface area (Å²) in [5.74, 6) is 0.0366. The van der Waals surface area contributed by atoms with Crippen LogP contribution in [0.25, 0.3) is 0 Å². The van der Waals surface area contributed by atoms with Gasteiger partial charge in [0.15, 0.2) is 5.78 Å². The topological polar surface area (TPSA) is 75.6 Å². The monoisotopic (exact) mass is 299 g/mol. The lowest BCUT2D eigenvalue weighted by molar-refractivity contribution is -0.121. The van der Waals surface area contributed by atoms with Gasteiger partial charge < -0.3 is 15.2 Å². The second kappa shape index (κ2) is 8.55. The number of hydrogen-bond acceptors (Lipinski definition) is 4. The Kier molecular flexibility index (Phi) is 7.04. The summed E-state index contributed by atoms with van der Waals surface area (Å²) in [5.41, 5.74) is 0.378. The molecule has 1 aromatic carbocycles. The van der Waals surface area contributed by atoms with Crippen LogP contribution in [0.2, 0.25) is 5.02 Å². The molecular formula is C14H18ClNO4. The first-order chi connectivity index (χ1) is 9.58. The Labute approximate surface area is 122 Å². The van der Waals surface area contributed by atoms with Crippen molar-refractivity contribution in [3.8, 4) is 5.75 Å². The smallest absolute Gasteiger partial charge is 0.220 e. The number of nitrogens with one attached hydrogen (secondary N) is 1. The molecule has 0 aliphatic heterocycles. The van der Waals surface area contributed by atoms with Crippen LogP contribution in [0, 0.1) is 0 Å². The Bertz CT molecular complexity index is 476. The zero-order valence-electron chi connectivity index (χ0n) is 11.3. The largest absolute Gasteiger partial charge is 0.496 e. The summed E-state index contributed by atoms with van der Waals surface area (Å²) in [6.07, 6.45) is 0.684. The molecule has 6 heteroatoms. The lowest BCUT2D eigenvalue weighted by Crippen LogP contribution is -2.25. The summed E-state index contributed by atoms with van der Waals surface area (Å²) in [6, 6.07) is 4.79. The molecule has 0 spiro atoms. The molecular weight excluding hydrogens is 282 g/mol. The molecule has 1 rings (SSSR count). The minimum Gasteiger partial charge on any atom is -0.496 e. The fourth-order valence-corrected chi connectivity index (χ4v) is 1.83. The van der Waals surface area contributed by atoms with Crippen molar-refractivity contribution in [1.82, 2.24) is 5.32 Å². The maximum Gasteiger partial charge on any atom is 0.220 e. The van der Waals surface area contributed by atoms with Crippen molar-refractivity contribution in [3.63, 3.8) is 0 Å². The average Bonchev–Trinajstić information content (AvgIpc) is 2.45. The highest BCUT2D eigenvalue weighted by Gasteiger charge is 2.14. The van der Waals surface area contributed by atoms with Gasteiger partial charge in [-0.2, -0.15) is 0 Å². The normalized spacial score (nSPS) is 10.2. The number of carbonyl (C=O) groups is 2. The van der Waals surface area contributed by atoms with Crippen LogP contribution in [-0.2, 0) is 4.79 Å². The van der Waals surface area contributed by atoms with E-state index in [1.54, 1.807) is 12.1 Å². The predicted octanol–water partition coefficient (Wildman–Crippen LogP) is 1.81. The summed E-state index contributed by atoms with van der Waals surface area (Å²) in [4.78, 5) is 23.5. The van der Waals surface area contributed by atoms with Crippen LogP contribution in [0.3, 0.4) is 0 Å². The number of methoxy groups -OCH3 is 1. The van der Waals surface area contributed by atoms with Crippen molar-refractivity contribution in [2.75, 3.05) is 20.3 Å².